The van der Waals surface area contributed by atoms with E-state index < -0.39 is 10.0 Å². The summed E-state index contributed by atoms with van der Waals surface area (Å²) in [4.78, 5) is 29.7. The molecule has 1 atom stereocenters. The molecule has 2 fully saturated rings. The summed E-state index contributed by atoms with van der Waals surface area (Å²) in [5, 5.41) is 2.83. The van der Waals surface area contributed by atoms with Crippen molar-refractivity contribution in [3.63, 3.8) is 0 Å². The van der Waals surface area contributed by atoms with Gasteiger partial charge in [0.2, 0.25) is 21.8 Å². The summed E-state index contributed by atoms with van der Waals surface area (Å²) in [6.07, 6.45) is 5.52. The Labute approximate surface area is 185 Å². The highest BCUT2D eigenvalue weighted by Crippen LogP contribution is 2.26. The van der Waals surface area contributed by atoms with Gasteiger partial charge in [-0.1, -0.05) is 25.3 Å². The summed E-state index contributed by atoms with van der Waals surface area (Å²) in [6, 6.07) is 5.91. The fourth-order valence-electron chi connectivity index (χ4n) is 4.29. The monoisotopic (exact) mass is 450 g/mol. The molecule has 172 valence electrons. The van der Waals surface area contributed by atoms with Crippen LogP contribution in [0.25, 0.3) is 0 Å². The number of hydrogen-bond donors (Lipinski definition) is 1. The van der Waals surface area contributed by atoms with Crippen LogP contribution in [-0.4, -0.2) is 80.7 Å². The third-order valence-electron chi connectivity index (χ3n) is 6.39. The second-order valence-corrected chi connectivity index (χ2v) is 10.8. The Morgan fingerprint density at radius 2 is 1.71 bits per heavy atom. The molecule has 3 rings (SSSR count). The van der Waals surface area contributed by atoms with Crippen molar-refractivity contribution in [3.8, 4) is 0 Å². The number of nitrogens with zero attached hydrogens (tertiary/aromatic N) is 3. The van der Waals surface area contributed by atoms with Crippen LogP contribution in [0, 0.1) is 5.92 Å². The highest BCUT2D eigenvalue weighted by Gasteiger charge is 2.31. The van der Waals surface area contributed by atoms with Gasteiger partial charge in [0.05, 0.1) is 10.9 Å². The lowest BCUT2D eigenvalue weighted by atomic mass is 9.88. The number of carbonyl (C=O) groups is 2. The summed E-state index contributed by atoms with van der Waals surface area (Å²) >= 11 is 0. The minimum atomic E-state index is -3.57. The Morgan fingerprint density at radius 1 is 1.06 bits per heavy atom. The van der Waals surface area contributed by atoms with Gasteiger partial charge in [-0.2, -0.15) is 0 Å². The van der Waals surface area contributed by atoms with E-state index >= 15 is 0 Å². The molecule has 1 aliphatic carbocycles. The van der Waals surface area contributed by atoms with Crippen LogP contribution in [0.5, 0.6) is 0 Å². The molecule has 2 amide bonds. The van der Waals surface area contributed by atoms with Gasteiger partial charge in [-0.3, -0.25) is 14.5 Å². The van der Waals surface area contributed by atoms with Gasteiger partial charge in [0, 0.05) is 51.9 Å². The molecule has 31 heavy (non-hydrogen) atoms. The van der Waals surface area contributed by atoms with Crippen molar-refractivity contribution in [2.45, 2.75) is 50.0 Å². The maximum absolute atomic E-state index is 12.8. The summed E-state index contributed by atoms with van der Waals surface area (Å²) in [6.45, 7) is 4.44. The van der Waals surface area contributed by atoms with Crippen molar-refractivity contribution in [3.05, 3.63) is 24.3 Å². The number of amides is 2. The average molecular weight is 451 g/mol. The van der Waals surface area contributed by atoms with Crippen LogP contribution in [-0.2, 0) is 19.6 Å². The molecule has 1 saturated carbocycles. The van der Waals surface area contributed by atoms with Gasteiger partial charge in [0.1, 0.15) is 0 Å². The van der Waals surface area contributed by atoms with Crippen LogP contribution in [0.15, 0.2) is 29.2 Å². The van der Waals surface area contributed by atoms with E-state index in [0.717, 1.165) is 30.0 Å². The maximum Gasteiger partial charge on any atom is 0.242 e. The van der Waals surface area contributed by atoms with Crippen molar-refractivity contribution >= 4 is 27.5 Å². The Bertz CT molecular complexity index is 889. The van der Waals surface area contributed by atoms with Crippen molar-refractivity contribution in [2.75, 3.05) is 45.6 Å². The van der Waals surface area contributed by atoms with Crippen LogP contribution >= 0.6 is 0 Å². The Hall–Kier alpha value is -1.97. The number of benzene rings is 1. The highest BCUT2D eigenvalue weighted by molar-refractivity contribution is 7.89. The van der Waals surface area contributed by atoms with Crippen molar-refractivity contribution < 1.29 is 18.0 Å². The lowest BCUT2D eigenvalue weighted by Gasteiger charge is -2.39. The molecule has 2 aliphatic rings. The number of nitrogens with one attached hydrogen (secondary N) is 1. The van der Waals surface area contributed by atoms with E-state index in [4.69, 9.17) is 0 Å². The Morgan fingerprint density at radius 3 is 2.32 bits per heavy atom. The van der Waals surface area contributed by atoms with E-state index in [2.05, 4.69) is 10.2 Å². The molecule has 1 aromatic carbocycles. The standard InChI is InChI=1S/C22H34N4O4S/c1-17(21(27)23-19-10-7-11-20(16-19)31(29,30)24(2)3)25-12-14-26(15-13-25)22(28)18-8-5-4-6-9-18/h7,10-11,16-18H,4-6,8-9,12-15H2,1-3H3,(H,23,27). The molecule has 0 aromatic heterocycles. The van der Waals surface area contributed by atoms with Crippen LogP contribution < -0.4 is 5.32 Å². The lowest BCUT2D eigenvalue weighted by molar-refractivity contribution is -0.139. The molecule has 1 unspecified atom stereocenters. The molecule has 0 spiro atoms. The number of carbonyl (C=O) groups excluding carboxylic acids is 2. The van der Waals surface area contributed by atoms with E-state index in [0.29, 0.717) is 31.9 Å². The quantitative estimate of drug-likeness (QED) is 0.716. The molecule has 8 nitrogen and oxygen atoms in total. The van der Waals surface area contributed by atoms with Gasteiger partial charge in [-0.05, 0) is 38.0 Å². The van der Waals surface area contributed by atoms with Gasteiger partial charge in [0.25, 0.3) is 0 Å². The molecule has 0 bridgehead atoms. The fraction of sp³-hybridized carbons (Fsp3) is 0.636. The van der Waals surface area contributed by atoms with Gasteiger partial charge >= 0.3 is 0 Å². The molecular weight excluding hydrogens is 416 g/mol. The summed E-state index contributed by atoms with van der Waals surface area (Å²) in [7, 11) is -0.618. The zero-order valence-electron chi connectivity index (χ0n) is 18.7. The van der Waals surface area contributed by atoms with Crippen LogP contribution in [0.2, 0.25) is 0 Å². The largest absolute Gasteiger partial charge is 0.340 e. The first-order chi connectivity index (χ1) is 14.7. The van der Waals surface area contributed by atoms with E-state index in [9.17, 15) is 18.0 Å². The first-order valence-electron chi connectivity index (χ1n) is 11.1. The first kappa shape index (κ1) is 23.7. The zero-order chi connectivity index (χ0) is 22.6. The van der Waals surface area contributed by atoms with Gasteiger partial charge in [-0.25, -0.2) is 12.7 Å². The summed E-state index contributed by atoms with van der Waals surface area (Å²) < 4.78 is 25.8. The predicted molar refractivity (Wildman–Crippen MR) is 120 cm³/mol. The molecule has 1 aromatic rings. The SMILES string of the molecule is CC(C(=O)Nc1cccc(S(=O)(=O)N(C)C)c1)N1CCN(C(=O)C2CCCCC2)CC1. The van der Waals surface area contributed by atoms with Gasteiger partial charge in [-0.15, -0.1) is 0 Å². The van der Waals surface area contributed by atoms with Crippen LogP contribution in [0.4, 0.5) is 5.69 Å². The highest BCUT2D eigenvalue weighted by atomic mass is 32.2. The molecule has 1 aliphatic heterocycles. The van der Waals surface area contributed by atoms with Crippen molar-refractivity contribution in [1.29, 1.82) is 0 Å². The number of piperazine rings is 1. The summed E-state index contributed by atoms with van der Waals surface area (Å²) in [5.41, 5.74) is 0.450. The molecule has 1 saturated heterocycles. The molecular formula is C22H34N4O4S. The van der Waals surface area contributed by atoms with E-state index in [1.165, 1.54) is 32.6 Å². The van der Waals surface area contributed by atoms with E-state index in [1.54, 1.807) is 12.1 Å². The van der Waals surface area contributed by atoms with Gasteiger partial charge < -0.3 is 10.2 Å². The maximum atomic E-state index is 12.8. The van der Waals surface area contributed by atoms with Crippen molar-refractivity contribution in [2.24, 2.45) is 5.92 Å². The smallest absolute Gasteiger partial charge is 0.242 e. The van der Waals surface area contributed by atoms with Crippen LogP contribution in [0.3, 0.4) is 0 Å². The van der Waals surface area contributed by atoms with E-state index in [1.807, 2.05) is 11.8 Å². The second kappa shape index (κ2) is 10.1. The minimum absolute atomic E-state index is 0.137. The predicted octanol–water partition coefficient (Wildman–Crippen LogP) is 1.99. The van der Waals surface area contributed by atoms with Crippen molar-refractivity contribution in [1.82, 2.24) is 14.1 Å². The third kappa shape index (κ3) is 5.64. The zero-order valence-corrected chi connectivity index (χ0v) is 19.5. The van der Waals surface area contributed by atoms with E-state index in [-0.39, 0.29) is 28.7 Å². The number of hydrogen-bond acceptors (Lipinski definition) is 5. The average Bonchev–Trinajstić information content (AvgIpc) is 2.78. The summed E-state index contributed by atoms with van der Waals surface area (Å²) in [5.74, 6) is 0.258. The molecule has 1 N–H and O–H groups in total. The Balaban J connectivity index is 1.55. The minimum Gasteiger partial charge on any atom is -0.340 e. The topological polar surface area (TPSA) is 90.0 Å². The van der Waals surface area contributed by atoms with Gasteiger partial charge in [0.15, 0.2) is 0 Å². The number of anilines is 1. The third-order valence-corrected chi connectivity index (χ3v) is 8.20. The molecule has 1 heterocycles. The molecule has 0 radical (unpaired) electrons. The molecule has 9 heteroatoms. The van der Waals surface area contributed by atoms with Crippen LogP contribution in [0.1, 0.15) is 39.0 Å². The fourth-order valence-corrected chi connectivity index (χ4v) is 5.24. The number of sulfonamides is 1. The first-order valence-corrected chi connectivity index (χ1v) is 12.5. The lowest BCUT2D eigenvalue weighted by Crippen LogP contribution is -2.55. The Kier molecular flexibility index (Phi) is 7.72. The normalized spacial score (nSPS) is 19.9. The second-order valence-electron chi connectivity index (χ2n) is 8.68. The number of rotatable bonds is 6.